The molecule has 0 aliphatic carbocycles. The Morgan fingerprint density at radius 3 is 3.00 bits per heavy atom. The third-order valence-electron chi connectivity index (χ3n) is 3.39. The molecule has 1 saturated heterocycles. The molecule has 2 unspecified atom stereocenters. The van der Waals surface area contributed by atoms with Crippen LogP contribution in [0.25, 0.3) is 0 Å². The smallest absolute Gasteiger partial charge is 0.120 e. The van der Waals surface area contributed by atoms with Gasteiger partial charge in [0.2, 0.25) is 0 Å². The number of aromatic hydroxyl groups is 1. The Morgan fingerprint density at radius 1 is 1.53 bits per heavy atom. The second kappa shape index (κ2) is 5.78. The average molecular weight is 251 g/mol. The van der Waals surface area contributed by atoms with E-state index in [2.05, 4.69) is 18.3 Å². The second-order valence-electron chi connectivity index (χ2n) is 4.92. The van der Waals surface area contributed by atoms with Gasteiger partial charge in [-0.15, -0.1) is 0 Å². The van der Waals surface area contributed by atoms with Crippen LogP contribution in [-0.4, -0.2) is 23.2 Å². The highest BCUT2D eigenvalue weighted by molar-refractivity contribution is 7.99. The molecule has 0 spiro atoms. The molecule has 3 heteroatoms. The first-order chi connectivity index (χ1) is 8.16. The van der Waals surface area contributed by atoms with E-state index >= 15 is 0 Å². The summed E-state index contributed by atoms with van der Waals surface area (Å²) in [5.74, 6) is 3.79. The fraction of sp³-hybridized carbons (Fsp3) is 0.571. The van der Waals surface area contributed by atoms with Crippen LogP contribution in [0.15, 0.2) is 18.2 Å². The minimum Gasteiger partial charge on any atom is -0.508 e. The van der Waals surface area contributed by atoms with Crippen molar-refractivity contribution in [1.82, 2.24) is 5.32 Å². The summed E-state index contributed by atoms with van der Waals surface area (Å²) < 4.78 is 0. The molecular weight excluding hydrogens is 230 g/mol. The maximum Gasteiger partial charge on any atom is 0.120 e. The number of benzene rings is 1. The van der Waals surface area contributed by atoms with E-state index in [1.165, 1.54) is 17.9 Å². The fourth-order valence-corrected chi connectivity index (χ4v) is 3.50. The van der Waals surface area contributed by atoms with Crippen LogP contribution in [0.2, 0.25) is 0 Å². The molecule has 1 aromatic carbocycles. The summed E-state index contributed by atoms with van der Waals surface area (Å²) in [4.78, 5) is 0. The highest BCUT2D eigenvalue weighted by Crippen LogP contribution is 2.27. The van der Waals surface area contributed by atoms with Crippen LogP contribution in [-0.2, 0) is 0 Å². The first-order valence-electron chi connectivity index (χ1n) is 6.27. The van der Waals surface area contributed by atoms with Gasteiger partial charge in [0.25, 0.3) is 0 Å². The summed E-state index contributed by atoms with van der Waals surface area (Å²) in [7, 11) is 0. The molecule has 1 aliphatic heterocycles. The van der Waals surface area contributed by atoms with Crippen molar-refractivity contribution in [2.24, 2.45) is 5.92 Å². The minimum absolute atomic E-state index is 0.223. The summed E-state index contributed by atoms with van der Waals surface area (Å²) in [6.45, 7) is 5.17. The summed E-state index contributed by atoms with van der Waals surface area (Å²) in [5.41, 5.74) is 2.10. The van der Waals surface area contributed by atoms with E-state index in [0.717, 1.165) is 23.6 Å². The molecule has 1 aliphatic rings. The first-order valence-corrected chi connectivity index (χ1v) is 7.43. The number of phenolic OH excluding ortho intramolecular Hbond substituents is 1. The lowest BCUT2D eigenvalue weighted by Gasteiger charge is -2.18. The van der Waals surface area contributed by atoms with Gasteiger partial charge in [0.1, 0.15) is 5.75 Å². The molecule has 1 heterocycles. The van der Waals surface area contributed by atoms with Crippen molar-refractivity contribution in [2.75, 3.05) is 18.1 Å². The van der Waals surface area contributed by atoms with Crippen molar-refractivity contribution < 1.29 is 5.11 Å². The average Bonchev–Trinajstić information content (AvgIpc) is 2.78. The molecule has 2 nitrogen and oxygen atoms in total. The van der Waals surface area contributed by atoms with E-state index in [1.807, 2.05) is 30.8 Å². The van der Waals surface area contributed by atoms with E-state index in [9.17, 15) is 5.11 Å². The lowest BCUT2D eigenvalue weighted by atomic mass is 10.0. The molecule has 17 heavy (non-hydrogen) atoms. The van der Waals surface area contributed by atoms with Crippen LogP contribution in [0.4, 0.5) is 0 Å². The van der Waals surface area contributed by atoms with Gasteiger partial charge in [0.15, 0.2) is 0 Å². The number of phenols is 1. The Labute approximate surface area is 108 Å². The zero-order chi connectivity index (χ0) is 12.3. The lowest BCUT2D eigenvalue weighted by molar-refractivity contribution is 0.437. The zero-order valence-corrected chi connectivity index (χ0v) is 11.4. The van der Waals surface area contributed by atoms with E-state index in [0.29, 0.717) is 5.75 Å². The van der Waals surface area contributed by atoms with E-state index in [1.54, 1.807) is 0 Å². The van der Waals surface area contributed by atoms with Gasteiger partial charge in [-0.1, -0.05) is 12.1 Å². The zero-order valence-electron chi connectivity index (χ0n) is 10.6. The summed E-state index contributed by atoms with van der Waals surface area (Å²) in [6.07, 6.45) is 1.32. The molecule has 1 aromatic rings. The Kier molecular flexibility index (Phi) is 4.35. The molecule has 0 amide bonds. The molecule has 0 saturated carbocycles. The van der Waals surface area contributed by atoms with Crippen molar-refractivity contribution in [3.63, 3.8) is 0 Å². The monoisotopic (exact) mass is 251 g/mol. The van der Waals surface area contributed by atoms with E-state index in [-0.39, 0.29) is 6.04 Å². The van der Waals surface area contributed by atoms with Crippen molar-refractivity contribution >= 4 is 11.8 Å². The SMILES string of the molecule is Cc1ccc(C(C)NCC2CCSC2)c(O)c1. The summed E-state index contributed by atoms with van der Waals surface area (Å²) >= 11 is 2.05. The predicted octanol–water partition coefficient (Wildman–Crippen LogP) is 3.10. The van der Waals surface area contributed by atoms with Crippen LogP contribution in [0.1, 0.15) is 30.5 Å². The molecule has 94 valence electrons. The second-order valence-corrected chi connectivity index (χ2v) is 6.07. The highest BCUT2D eigenvalue weighted by atomic mass is 32.2. The molecule has 0 aromatic heterocycles. The van der Waals surface area contributed by atoms with Crippen LogP contribution in [0.5, 0.6) is 5.75 Å². The van der Waals surface area contributed by atoms with Gasteiger partial charge in [0, 0.05) is 11.6 Å². The minimum atomic E-state index is 0.223. The van der Waals surface area contributed by atoms with E-state index < -0.39 is 0 Å². The fourth-order valence-electron chi connectivity index (χ4n) is 2.22. The van der Waals surface area contributed by atoms with Crippen molar-refractivity contribution in [2.45, 2.75) is 26.3 Å². The first kappa shape index (κ1) is 12.8. The lowest BCUT2D eigenvalue weighted by Crippen LogP contribution is -2.25. The van der Waals surface area contributed by atoms with Gasteiger partial charge in [-0.3, -0.25) is 0 Å². The summed E-state index contributed by atoms with van der Waals surface area (Å²) in [6, 6.07) is 6.13. The Hall–Kier alpha value is -0.670. The Morgan fingerprint density at radius 2 is 2.35 bits per heavy atom. The van der Waals surface area contributed by atoms with Crippen molar-refractivity contribution in [3.05, 3.63) is 29.3 Å². The van der Waals surface area contributed by atoms with Crippen molar-refractivity contribution in [1.29, 1.82) is 0 Å². The molecule has 2 atom stereocenters. The van der Waals surface area contributed by atoms with E-state index in [4.69, 9.17) is 0 Å². The largest absolute Gasteiger partial charge is 0.508 e. The molecular formula is C14H21NOS. The Bertz CT molecular complexity index is 374. The number of thioether (sulfide) groups is 1. The number of hydrogen-bond donors (Lipinski definition) is 2. The summed E-state index contributed by atoms with van der Waals surface area (Å²) in [5, 5.41) is 13.4. The highest BCUT2D eigenvalue weighted by Gasteiger charge is 2.17. The number of nitrogens with one attached hydrogen (secondary N) is 1. The number of hydrogen-bond acceptors (Lipinski definition) is 3. The standard InChI is InChI=1S/C14H21NOS/c1-10-3-4-13(14(16)7-10)11(2)15-8-12-5-6-17-9-12/h3-4,7,11-12,15-16H,5-6,8-9H2,1-2H3. The third kappa shape index (κ3) is 3.39. The van der Waals surface area contributed by atoms with Gasteiger partial charge in [0.05, 0.1) is 0 Å². The number of aryl methyl sites for hydroxylation is 1. The van der Waals surface area contributed by atoms with Crippen LogP contribution >= 0.6 is 11.8 Å². The third-order valence-corrected chi connectivity index (χ3v) is 4.62. The van der Waals surface area contributed by atoms with Gasteiger partial charge >= 0.3 is 0 Å². The van der Waals surface area contributed by atoms with Crippen molar-refractivity contribution in [3.8, 4) is 5.75 Å². The van der Waals surface area contributed by atoms with Gasteiger partial charge < -0.3 is 10.4 Å². The molecule has 0 bridgehead atoms. The molecule has 1 fully saturated rings. The topological polar surface area (TPSA) is 32.3 Å². The maximum atomic E-state index is 9.91. The van der Waals surface area contributed by atoms with Gasteiger partial charge in [-0.25, -0.2) is 0 Å². The number of rotatable bonds is 4. The van der Waals surface area contributed by atoms with Crippen LogP contribution in [0.3, 0.4) is 0 Å². The van der Waals surface area contributed by atoms with Gasteiger partial charge in [-0.2, -0.15) is 11.8 Å². The maximum absolute atomic E-state index is 9.91. The van der Waals surface area contributed by atoms with Gasteiger partial charge in [-0.05, 0) is 55.9 Å². The predicted molar refractivity (Wildman–Crippen MR) is 74.7 cm³/mol. The molecule has 2 N–H and O–H groups in total. The quantitative estimate of drug-likeness (QED) is 0.862. The van der Waals surface area contributed by atoms with Crippen LogP contribution < -0.4 is 5.32 Å². The molecule has 0 radical (unpaired) electrons. The molecule has 2 rings (SSSR count). The van der Waals surface area contributed by atoms with Crippen LogP contribution in [0, 0.1) is 12.8 Å². The Balaban J connectivity index is 1.91. The normalized spacial score (nSPS) is 21.6.